The molecule has 3 aromatic carbocycles. The number of rotatable bonds is 10. The second-order valence-corrected chi connectivity index (χ2v) is 11.7. The van der Waals surface area contributed by atoms with Crippen molar-refractivity contribution in [3.05, 3.63) is 99.2 Å². The molecule has 2 heterocycles. The van der Waals surface area contributed by atoms with Crippen molar-refractivity contribution in [1.82, 2.24) is 15.6 Å². The third kappa shape index (κ3) is 8.56. The summed E-state index contributed by atoms with van der Waals surface area (Å²) in [5.41, 5.74) is 4.85. The molecule has 1 aliphatic rings. The normalized spacial score (nSPS) is 12.8. The fourth-order valence-electron chi connectivity index (χ4n) is 5.17. The largest absolute Gasteiger partial charge is 0.487 e. The summed E-state index contributed by atoms with van der Waals surface area (Å²) in [6, 6.07) is 18.0. The Bertz CT molecular complexity index is 1830. The first-order valence-electron chi connectivity index (χ1n) is 15.0. The maximum absolute atomic E-state index is 13.0. The topological polar surface area (TPSA) is 113 Å². The summed E-state index contributed by atoms with van der Waals surface area (Å²) in [4.78, 5) is 45.6. The van der Waals surface area contributed by atoms with E-state index in [1.807, 2.05) is 25.1 Å². The van der Waals surface area contributed by atoms with E-state index < -0.39 is 5.91 Å². The van der Waals surface area contributed by atoms with E-state index in [0.29, 0.717) is 40.8 Å². The molecule has 0 spiro atoms. The average molecular weight is 713 g/mol. The first-order valence-corrected chi connectivity index (χ1v) is 15.8. The van der Waals surface area contributed by atoms with Crippen LogP contribution in [-0.4, -0.2) is 69.6 Å². The zero-order valence-corrected chi connectivity index (χ0v) is 29.0. The first kappa shape index (κ1) is 36.5. The van der Waals surface area contributed by atoms with Gasteiger partial charge in [0.1, 0.15) is 17.9 Å². The minimum atomic E-state index is -0.450. The molecular weight excluding hydrogens is 677 g/mol. The molecule has 0 bridgehead atoms. The van der Waals surface area contributed by atoms with Gasteiger partial charge in [-0.25, -0.2) is 4.98 Å². The lowest BCUT2D eigenvalue weighted by molar-refractivity contribution is -0.122. The molecular formula is C35H36Cl3N5O5. The van der Waals surface area contributed by atoms with E-state index in [9.17, 15) is 14.4 Å². The van der Waals surface area contributed by atoms with Crippen LogP contribution in [0.1, 0.15) is 27.2 Å². The lowest BCUT2D eigenvalue weighted by atomic mass is 10.1. The van der Waals surface area contributed by atoms with Gasteiger partial charge in [-0.15, -0.1) is 12.4 Å². The number of likely N-dealkylation sites (N-methyl/N-ethyl adjacent to an activating group) is 1. The third-order valence-corrected chi connectivity index (χ3v) is 8.55. The summed E-state index contributed by atoms with van der Waals surface area (Å²) in [7, 11) is 3.13. The minimum Gasteiger partial charge on any atom is -0.487 e. The van der Waals surface area contributed by atoms with Gasteiger partial charge in [0.2, 0.25) is 11.8 Å². The maximum Gasteiger partial charge on any atom is 0.251 e. The minimum absolute atomic E-state index is 0. The number of halogens is 3. The Hall–Kier alpha value is -4.35. The number of carbonyl (C=O) groups is 3. The highest BCUT2D eigenvalue weighted by Gasteiger charge is 2.21. The molecule has 1 saturated heterocycles. The monoisotopic (exact) mass is 711 g/mol. The Morgan fingerprint density at radius 1 is 1.06 bits per heavy atom. The summed E-state index contributed by atoms with van der Waals surface area (Å²) in [5.74, 6) is -0.450. The molecule has 4 aromatic rings. The van der Waals surface area contributed by atoms with E-state index in [1.54, 1.807) is 56.6 Å². The number of anilines is 2. The Morgan fingerprint density at radius 3 is 2.50 bits per heavy atom. The van der Waals surface area contributed by atoms with Gasteiger partial charge in [0, 0.05) is 66.2 Å². The van der Waals surface area contributed by atoms with Crippen LogP contribution < -0.4 is 25.2 Å². The van der Waals surface area contributed by atoms with Crippen LogP contribution in [0, 0.1) is 6.92 Å². The molecule has 0 unspecified atom stereocenters. The van der Waals surface area contributed by atoms with Crippen LogP contribution in [0.15, 0.2) is 66.7 Å². The molecule has 13 heteroatoms. The SMILES string of the molecule is CNC(=O)c1ccc(/C=C/C(=O)NCC(=O)N(C)c2ccc(Cl)c(COc3cccc4c(N5CCOCC5)cc(C)nc34)c2Cl)cc1.Cl. The van der Waals surface area contributed by atoms with E-state index in [0.717, 1.165) is 40.9 Å². The van der Waals surface area contributed by atoms with Gasteiger partial charge in [-0.1, -0.05) is 47.5 Å². The number of fused-ring (bicyclic) bond motifs is 1. The van der Waals surface area contributed by atoms with Gasteiger partial charge in [0.15, 0.2) is 0 Å². The number of benzene rings is 3. The van der Waals surface area contributed by atoms with Crippen LogP contribution in [0.5, 0.6) is 5.75 Å². The van der Waals surface area contributed by atoms with E-state index >= 15 is 0 Å². The summed E-state index contributed by atoms with van der Waals surface area (Å²) in [6.07, 6.45) is 2.91. The number of aromatic nitrogens is 1. The van der Waals surface area contributed by atoms with E-state index in [2.05, 4.69) is 21.6 Å². The van der Waals surface area contributed by atoms with E-state index in [1.165, 1.54) is 11.0 Å². The zero-order chi connectivity index (χ0) is 33.5. The fourth-order valence-corrected chi connectivity index (χ4v) is 5.78. The van der Waals surface area contributed by atoms with Gasteiger partial charge in [0.05, 0.1) is 30.5 Å². The summed E-state index contributed by atoms with van der Waals surface area (Å²) in [6.45, 7) is 4.67. The highest BCUT2D eigenvalue weighted by atomic mass is 35.5. The molecule has 10 nitrogen and oxygen atoms in total. The molecule has 252 valence electrons. The molecule has 1 aliphatic heterocycles. The van der Waals surface area contributed by atoms with Crippen molar-refractivity contribution >= 4 is 81.7 Å². The standard InChI is InChI=1S/C35H35Cl2N5O5.ClH/c1-22-19-29(42-15-17-46-18-16-42)25-5-4-6-30(34(25)40-22)47-21-26-27(36)12-13-28(33(26)37)41(3)32(44)20-39-31(43)14-9-23-7-10-24(11-8-23)35(45)38-2;/h4-14,19H,15-18,20-21H2,1-3H3,(H,38,45)(H,39,43);1H/b14-9+;. The number of pyridine rings is 1. The Balaban J connectivity index is 0.00000520. The van der Waals surface area contributed by atoms with Crippen molar-refractivity contribution in [2.24, 2.45) is 0 Å². The molecule has 0 aliphatic carbocycles. The van der Waals surface area contributed by atoms with Crippen LogP contribution in [0.3, 0.4) is 0 Å². The van der Waals surface area contributed by atoms with Gasteiger partial charge in [0.25, 0.3) is 5.91 Å². The number of para-hydroxylation sites is 1. The number of hydrogen-bond acceptors (Lipinski definition) is 7. The lowest BCUT2D eigenvalue weighted by Crippen LogP contribution is -2.37. The van der Waals surface area contributed by atoms with Crippen molar-refractivity contribution in [3.63, 3.8) is 0 Å². The first-order chi connectivity index (χ1) is 22.7. The zero-order valence-electron chi connectivity index (χ0n) is 26.7. The van der Waals surface area contributed by atoms with Crippen LogP contribution in [0.2, 0.25) is 10.0 Å². The second-order valence-electron chi connectivity index (χ2n) is 10.9. The molecule has 0 saturated carbocycles. The predicted octanol–water partition coefficient (Wildman–Crippen LogP) is 5.84. The number of ether oxygens (including phenoxy) is 2. The third-order valence-electron chi connectivity index (χ3n) is 7.77. The van der Waals surface area contributed by atoms with Crippen molar-refractivity contribution in [1.29, 1.82) is 0 Å². The van der Waals surface area contributed by atoms with Crippen molar-refractivity contribution in [2.75, 3.05) is 56.7 Å². The molecule has 2 N–H and O–H groups in total. The number of amides is 3. The maximum atomic E-state index is 13.0. The van der Waals surface area contributed by atoms with Gasteiger partial charge in [-0.05, 0) is 55.0 Å². The highest BCUT2D eigenvalue weighted by Crippen LogP contribution is 2.37. The Morgan fingerprint density at radius 2 is 1.79 bits per heavy atom. The predicted molar refractivity (Wildman–Crippen MR) is 193 cm³/mol. The number of morpholine rings is 1. The molecule has 0 radical (unpaired) electrons. The van der Waals surface area contributed by atoms with Crippen molar-refractivity contribution in [2.45, 2.75) is 13.5 Å². The number of hydrogen-bond donors (Lipinski definition) is 2. The summed E-state index contributed by atoms with van der Waals surface area (Å²) >= 11 is 13.3. The number of nitrogens with one attached hydrogen (secondary N) is 2. The van der Waals surface area contributed by atoms with Crippen LogP contribution >= 0.6 is 35.6 Å². The molecule has 1 fully saturated rings. The van der Waals surface area contributed by atoms with Crippen LogP contribution in [0.4, 0.5) is 11.4 Å². The molecule has 1 aromatic heterocycles. The Kier molecular flexibility index (Phi) is 12.7. The molecule has 0 atom stereocenters. The van der Waals surface area contributed by atoms with Gasteiger partial charge in [-0.3, -0.25) is 14.4 Å². The van der Waals surface area contributed by atoms with Gasteiger partial charge in [-0.2, -0.15) is 0 Å². The van der Waals surface area contributed by atoms with Crippen molar-refractivity contribution < 1.29 is 23.9 Å². The van der Waals surface area contributed by atoms with Crippen molar-refractivity contribution in [3.8, 4) is 5.75 Å². The van der Waals surface area contributed by atoms with E-state index in [4.69, 9.17) is 37.7 Å². The Labute approximate surface area is 295 Å². The number of nitrogens with zero attached hydrogens (tertiary/aromatic N) is 3. The molecule has 48 heavy (non-hydrogen) atoms. The number of carbonyl (C=O) groups excluding carboxylic acids is 3. The van der Waals surface area contributed by atoms with Crippen LogP contribution in [0.25, 0.3) is 17.0 Å². The lowest BCUT2D eigenvalue weighted by Gasteiger charge is -2.30. The van der Waals surface area contributed by atoms with E-state index in [-0.39, 0.29) is 42.4 Å². The van der Waals surface area contributed by atoms with Gasteiger partial charge < -0.3 is 29.9 Å². The summed E-state index contributed by atoms with van der Waals surface area (Å²) in [5, 5.41) is 6.77. The van der Waals surface area contributed by atoms with Crippen LogP contribution in [-0.2, 0) is 20.9 Å². The number of aryl methyl sites for hydroxylation is 1. The molecule has 3 amide bonds. The average Bonchev–Trinajstić information content (AvgIpc) is 3.09. The second kappa shape index (κ2) is 16.7. The van der Waals surface area contributed by atoms with Gasteiger partial charge >= 0.3 is 0 Å². The smallest absolute Gasteiger partial charge is 0.251 e. The fraction of sp³-hybridized carbons (Fsp3) is 0.257. The molecule has 5 rings (SSSR count). The quantitative estimate of drug-likeness (QED) is 0.199. The highest BCUT2D eigenvalue weighted by molar-refractivity contribution is 6.38. The summed E-state index contributed by atoms with van der Waals surface area (Å²) < 4.78 is 11.8.